The van der Waals surface area contributed by atoms with Gasteiger partial charge in [0.1, 0.15) is 5.82 Å². The highest BCUT2D eigenvalue weighted by atomic mass is 35.5. The van der Waals surface area contributed by atoms with Gasteiger partial charge >= 0.3 is 0 Å². The molecule has 2 aromatic carbocycles. The van der Waals surface area contributed by atoms with E-state index >= 15 is 0 Å². The zero-order valence-corrected chi connectivity index (χ0v) is 18.0. The molecule has 3 heterocycles. The third kappa shape index (κ3) is 3.89. The van der Waals surface area contributed by atoms with Gasteiger partial charge in [-0.3, -0.25) is 9.59 Å². The van der Waals surface area contributed by atoms with Crippen LogP contribution in [0.1, 0.15) is 40.5 Å². The van der Waals surface area contributed by atoms with Crippen LogP contribution in [0.2, 0.25) is 5.02 Å². The minimum atomic E-state index is -0.320. The van der Waals surface area contributed by atoms with E-state index in [-0.39, 0.29) is 22.9 Å². The first-order valence-electron chi connectivity index (χ1n) is 10.5. The van der Waals surface area contributed by atoms with E-state index in [0.29, 0.717) is 41.7 Å². The highest BCUT2D eigenvalue weighted by Gasteiger charge is 2.28. The number of nitrogens with zero attached hydrogens (tertiary/aromatic N) is 5. The Balaban J connectivity index is 1.44. The number of H-pyrrole nitrogens is 1. The molecule has 4 aromatic rings. The Bertz CT molecular complexity index is 1330. The number of hydrogen-bond donors (Lipinski definition) is 1. The number of carbonyl (C=O) groups excluding carboxylic acids is 1. The molecule has 5 rings (SSSR count). The third-order valence-corrected chi connectivity index (χ3v) is 6.10. The first-order chi connectivity index (χ1) is 15.6. The van der Waals surface area contributed by atoms with Gasteiger partial charge in [-0.15, -0.1) is 5.10 Å². The summed E-state index contributed by atoms with van der Waals surface area (Å²) < 4.78 is 1.64. The molecule has 0 saturated carbocycles. The number of benzene rings is 2. The van der Waals surface area contributed by atoms with Gasteiger partial charge in [0.2, 0.25) is 0 Å². The van der Waals surface area contributed by atoms with Crippen LogP contribution in [0, 0.1) is 0 Å². The molecule has 1 atom stereocenters. The molecule has 9 heteroatoms. The lowest BCUT2D eigenvalue weighted by Crippen LogP contribution is -2.40. The summed E-state index contributed by atoms with van der Waals surface area (Å²) in [6.07, 6.45) is 1.63. The lowest BCUT2D eigenvalue weighted by molar-refractivity contribution is 0.0704. The summed E-state index contributed by atoms with van der Waals surface area (Å²) >= 11 is 6.23. The highest BCUT2D eigenvalue weighted by Crippen LogP contribution is 2.27. The molecule has 1 N–H and O–H groups in total. The molecule has 1 aliphatic heterocycles. The number of aromatic nitrogens is 5. The van der Waals surface area contributed by atoms with Gasteiger partial charge in [-0.2, -0.15) is 0 Å². The van der Waals surface area contributed by atoms with Crippen LogP contribution in [0.3, 0.4) is 0 Å². The van der Waals surface area contributed by atoms with Gasteiger partial charge in [0.25, 0.3) is 11.5 Å². The van der Waals surface area contributed by atoms with Crippen LogP contribution < -0.4 is 5.56 Å². The normalized spacial score (nSPS) is 16.4. The first-order valence-corrected chi connectivity index (χ1v) is 10.9. The Kier molecular flexibility index (Phi) is 5.45. The fourth-order valence-corrected chi connectivity index (χ4v) is 4.35. The molecule has 1 amide bonds. The molecule has 0 bridgehead atoms. The number of rotatable bonds is 4. The van der Waals surface area contributed by atoms with Crippen molar-refractivity contribution in [2.75, 3.05) is 13.1 Å². The van der Waals surface area contributed by atoms with Crippen LogP contribution in [0.5, 0.6) is 0 Å². The number of aromatic amines is 1. The van der Waals surface area contributed by atoms with Crippen molar-refractivity contribution in [1.82, 2.24) is 29.9 Å². The number of hydrogen-bond acceptors (Lipinski definition) is 5. The first kappa shape index (κ1) is 20.4. The number of fused-ring (bicyclic) bond motifs is 1. The molecule has 2 aromatic heterocycles. The fraction of sp³-hybridized carbons (Fsp3) is 0.261. The maximum absolute atomic E-state index is 13.0. The zero-order valence-electron chi connectivity index (χ0n) is 17.2. The average molecular weight is 449 g/mol. The SMILES string of the molecule is O=C(c1ccccc1Cl)N1CCC[C@H](c2nc3c(nnn3Cc3ccccc3)c(=O)[nH]2)C1. The highest BCUT2D eigenvalue weighted by molar-refractivity contribution is 6.33. The molecule has 0 unspecified atom stereocenters. The van der Waals surface area contributed by atoms with E-state index in [1.54, 1.807) is 33.8 Å². The Morgan fingerprint density at radius 2 is 1.91 bits per heavy atom. The molecule has 1 saturated heterocycles. The van der Waals surface area contributed by atoms with Crippen molar-refractivity contribution in [1.29, 1.82) is 0 Å². The maximum Gasteiger partial charge on any atom is 0.281 e. The number of halogens is 1. The van der Waals surface area contributed by atoms with E-state index in [2.05, 4.69) is 15.3 Å². The topological polar surface area (TPSA) is 96.8 Å². The smallest absolute Gasteiger partial charge is 0.281 e. The quantitative estimate of drug-likeness (QED) is 0.517. The summed E-state index contributed by atoms with van der Waals surface area (Å²) in [5, 5.41) is 8.59. The Hall–Kier alpha value is -3.52. The average Bonchev–Trinajstić information content (AvgIpc) is 3.23. The maximum atomic E-state index is 13.0. The third-order valence-electron chi connectivity index (χ3n) is 5.77. The molecular weight excluding hydrogens is 428 g/mol. The number of piperidine rings is 1. The second kappa shape index (κ2) is 8.55. The van der Waals surface area contributed by atoms with Crippen LogP contribution in [-0.4, -0.2) is 48.9 Å². The van der Waals surface area contributed by atoms with Crippen molar-refractivity contribution in [3.63, 3.8) is 0 Å². The molecular formula is C23H21ClN6O2. The lowest BCUT2D eigenvalue weighted by atomic mass is 9.96. The second-order valence-corrected chi connectivity index (χ2v) is 8.33. The predicted octanol–water partition coefficient (Wildman–Crippen LogP) is 3.24. The van der Waals surface area contributed by atoms with Crippen LogP contribution >= 0.6 is 11.6 Å². The van der Waals surface area contributed by atoms with Gasteiger partial charge in [-0.1, -0.05) is 59.3 Å². The fourth-order valence-electron chi connectivity index (χ4n) is 4.13. The van der Waals surface area contributed by atoms with Crippen molar-refractivity contribution in [2.45, 2.75) is 25.3 Å². The van der Waals surface area contributed by atoms with Gasteiger partial charge in [0.05, 0.1) is 17.1 Å². The van der Waals surface area contributed by atoms with Crippen LogP contribution in [0.15, 0.2) is 59.4 Å². The van der Waals surface area contributed by atoms with Crippen molar-refractivity contribution >= 4 is 28.7 Å². The molecule has 8 nitrogen and oxygen atoms in total. The number of likely N-dealkylation sites (tertiary alicyclic amines) is 1. The summed E-state index contributed by atoms with van der Waals surface area (Å²) in [6, 6.07) is 16.9. The Morgan fingerprint density at radius 1 is 1.12 bits per heavy atom. The van der Waals surface area contributed by atoms with Gasteiger partial charge < -0.3 is 9.88 Å². The number of amides is 1. The van der Waals surface area contributed by atoms with Gasteiger partial charge in [0.15, 0.2) is 11.2 Å². The van der Waals surface area contributed by atoms with E-state index < -0.39 is 0 Å². The molecule has 162 valence electrons. The summed E-state index contributed by atoms with van der Waals surface area (Å²) in [6.45, 7) is 1.56. The van der Waals surface area contributed by atoms with Crippen molar-refractivity contribution in [3.05, 3.63) is 86.9 Å². The van der Waals surface area contributed by atoms with E-state index in [1.165, 1.54) is 0 Å². The Morgan fingerprint density at radius 3 is 2.72 bits per heavy atom. The van der Waals surface area contributed by atoms with Crippen LogP contribution in [0.25, 0.3) is 11.2 Å². The van der Waals surface area contributed by atoms with Crippen LogP contribution in [0.4, 0.5) is 0 Å². The minimum Gasteiger partial charge on any atom is -0.338 e. The molecule has 0 spiro atoms. The van der Waals surface area contributed by atoms with E-state index in [4.69, 9.17) is 16.6 Å². The van der Waals surface area contributed by atoms with Gasteiger partial charge in [-0.25, -0.2) is 9.67 Å². The number of carbonyl (C=O) groups is 1. The van der Waals surface area contributed by atoms with E-state index in [9.17, 15) is 9.59 Å². The standard InChI is InChI=1S/C23H21ClN6O2/c24-18-11-5-4-10-17(18)23(32)29-12-6-9-16(14-29)20-25-21-19(22(31)26-20)27-28-30(21)13-15-7-2-1-3-8-15/h1-5,7-8,10-11,16H,6,9,12-14H2,(H,25,26,31)/t16-/m0/s1. The molecule has 32 heavy (non-hydrogen) atoms. The monoisotopic (exact) mass is 448 g/mol. The Labute approximate surface area is 188 Å². The van der Waals surface area contributed by atoms with Crippen LogP contribution in [-0.2, 0) is 6.54 Å². The largest absolute Gasteiger partial charge is 0.338 e. The summed E-state index contributed by atoms with van der Waals surface area (Å²) in [5.41, 5.74) is 1.86. The van der Waals surface area contributed by atoms with E-state index in [0.717, 1.165) is 18.4 Å². The summed E-state index contributed by atoms with van der Waals surface area (Å²) in [4.78, 5) is 35.1. The van der Waals surface area contributed by atoms with Gasteiger partial charge in [-0.05, 0) is 30.5 Å². The molecule has 0 radical (unpaired) electrons. The van der Waals surface area contributed by atoms with Gasteiger partial charge in [0, 0.05) is 19.0 Å². The summed E-state index contributed by atoms with van der Waals surface area (Å²) in [7, 11) is 0. The summed E-state index contributed by atoms with van der Waals surface area (Å²) in [5.74, 6) is 0.350. The number of nitrogens with one attached hydrogen (secondary N) is 1. The van der Waals surface area contributed by atoms with Crippen molar-refractivity contribution in [3.8, 4) is 0 Å². The minimum absolute atomic E-state index is 0.0904. The van der Waals surface area contributed by atoms with Crippen molar-refractivity contribution < 1.29 is 4.79 Å². The molecule has 0 aliphatic carbocycles. The zero-order chi connectivity index (χ0) is 22.1. The molecule has 1 aliphatic rings. The van der Waals surface area contributed by atoms with Crippen molar-refractivity contribution in [2.24, 2.45) is 0 Å². The van der Waals surface area contributed by atoms with E-state index in [1.807, 2.05) is 30.3 Å². The molecule has 1 fully saturated rings. The predicted molar refractivity (Wildman–Crippen MR) is 121 cm³/mol. The second-order valence-electron chi connectivity index (χ2n) is 7.93. The lowest BCUT2D eigenvalue weighted by Gasteiger charge is -2.32.